The molecule has 9 heteroatoms. The molecule has 0 saturated heterocycles. The summed E-state index contributed by atoms with van der Waals surface area (Å²) in [5.41, 5.74) is -3.35. The predicted molar refractivity (Wildman–Crippen MR) is 58.0 cm³/mol. The molecule has 0 aliphatic carbocycles. The fourth-order valence-electron chi connectivity index (χ4n) is 1.36. The molecule has 0 aliphatic heterocycles. The van der Waals surface area contributed by atoms with Gasteiger partial charge in [0.25, 0.3) is 0 Å². The van der Waals surface area contributed by atoms with Crippen molar-refractivity contribution in [2.24, 2.45) is 0 Å². The first-order valence-corrected chi connectivity index (χ1v) is 5.36. The Labute approximate surface area is 109 Å². The molecule has 1 rings (SSSR count). The van der Waals surface area contributed by atoms with Crippen LogP contribution >= 0.6 is 0 Å². The minimum Gasteiger partial charge on any atom is -0.394 e. The lowest BCUT2D eigenvalue weighted by molar-refractivity contribution is -0.143. The van der Waals surface area contributed by atoms with Gasteiger partial charge in [0.2, 0.25) is 0 Å². The summed E-state index contributed by atoms with van der Waals surface area (Å²) in [6.45, 7) is -1.05. The molecule has 3 nitrogen and oxygen atoms in total. The molecule has 1 unspecified atom stereocenters. The Bertz CT molecular complexity index is 425. The Morgan fingerprint density at radius 1 is 0.950 bits per heavy atom. The molecule has 20 heavy (non-hydrogen) atoms. The van der Waals surface area contributed by atoms with Crippen LogP contribution in [0, 0.1) is 0 Å². The summed E-state index contributed by atoms with van der Waals surface area (Å²) in [4.78, 5) is 0. The molecule has 1 atom stereocenters. The number of halogens is 6. The molecular formula is C11H11F6NO2. The average molecular weight is 303 g/mol. The zero-order chi connectivity index (χ0) is 15.6. The summed E-state index contributed by atoms with van der Waals surface area (Å²) in [5, 5.41) is 19.8. The molecule has 0 heterocycles. The van der Waals surface area contributed by atoms with Crippen LogP contribution in [0.3, 0.4) is 0 Å². The van der Waals surface area contributed by atoms with Crippen molar-refractivity contribution in [1.29, 1.82) is 0 Å². The monoisotopic (exact) mass is 303 g/mol. The van der Waals surface area contributed by atoms with Crippen LogP contribution in [0.4, 0.5) is 32.0 Å². The van der Waals surface area contributed by atoms with Gasteiger partial charge < -0.3 is 15.5 Å². The van der Waals surface area contributed by atoms with E-state index >= 15 is 0 Å². The highest BCUT2D eigenvalue weighted by molar-refractivity contribution is 5.50. The van der Waals surface area contributed by atoms with E-state index in [4.69, 9.17) is 10.2 Å². The molecule has 0 spiro atoms. The minimum absolute atomic E-state index is 0.00759. The first-order valence-electron chi connectivity index (χ1n) is 5.36. The standard InChI is InChI=1S/C11H11F6NO2/c12-10(13,14)6-1-7(11(15,16)17)3-8(2-6)18-4-9(20)5-19/h1-3,9,18-20H,4-5H2. The fourth-order valence-corrected chi connectivity index (χ4v) is 1.36. The number of rotatable bonds is 4. The third kappa shape index (κ3) is 4.57. The summed E-state index contributed by atoms with van der Waals surface area (Å²) in [6, 6.07) is 1.01. The highest BCUT2D eigenvalue weighted by atomic mass is 19.4. The van der Waals surface area contributed by atoms with Gasteiger partial charge in [0.15, 0.2) is 0 Å². The number of benzene rings is 1. The zero-order valence-corrected chi connectivity index (χ0v) is 9.89. The highest BCUT2D eigenvalue weighted by Gasteiger charge is 2.36. The van der Waals surface area contributed by atoms with Crippen LogP contribution in [0.25, 0.3) is 0 Å². The van der Waals surface area contributed by atoms with Crippen molar-refractivity contribution in [2.75, 3.05) is 18.5 Å². The van der Waals surface area contributed by atoms with Crippen LogP contribution in [-0.2, 0) is 12.4 Å². The highest BCUT2D eigenvalue weighted by Crippen LogP contribution is 2.37. The van der Waals surface area contributed by atoms with Crippen LogP contribution in [0.2, 0.25) is 0 Å². The van der Waals surface area contributed by atoms with Crippen LogP contribution in [0.5, 0.6) is 0 Å². The maximum Gasteiger partial charge on any atom is 0.416 e. The van der Waals surface area contributed by atoms with E-state index < -0.39 is 41.9 Å². The van der Waals surface area contributed by atoms with Gasteiger partial charge in [-0.25, -0.2) is 0 Å². The van der Waals surface area contributed by atoms with Crippen LogP contribution in [0.1, 0.15) is 11.1 Å². The van der Waals surface area contributed by atoms with Crippen molar-refractivity contribution in [2.45, 2.75) is 18.5 Å². The summed E-state index contributed by atoms with van der Waals surface area (Å²) < 4.78 is 75.1. The van der Waals surface area contributed by atoms with Gasteiger partial charge >= 0.3 is 12.4 Å². The number of nitrogens with one attached hydrogen (secondary N) is 1. The van der Waals surface area contributed by atoms with Crippen molar-refractivity contribution in [1.82, 2.24) is 0 Å². The molecular weight excluding hydrogens is 292 g/mol. The van der Waals surface area contributed by atoms with Gasteiger partial charge in [0, 0.05) is 12.2 Å². The molecule has 0 radical (unpaired) electrons. The van der Waals surface area contributed by atoms with Gasteiger partial charge in [0.1, 0.15) is 0 Å². The summed E-state index contributed by atoms with van der Waals surface area (Å²) in [6.07, 6.45) is -11.1. The fraction of sp³-hybridized carbons (Fsp3) is 0.455. The second-order valence-electron chi connectivity index (χ2n) is 4.01. The van der Waals surface area contributed by atoms with E-state index in [9.17, 15) is 26.3 Å². The Morgan fingerprint density at radius 2 is 1.40 bits per heavy atom. The number of aliphatic hydroxyl groups is 2. The van der Waals surface area contributed by atoms with Crippen LogP contribution in [-0.4, -0.2) is 29.5 Å². The van der Waals surface area contributed by atoms with Crippen molar-refractivity contribution in [3.63, 3.8) is 0 Å². The minimum atomic E-state index is -4.92. The van der Waals surface area contributed by atoms with Crippen molar-refractivity contribution >= 4 is 5.69 Å². The number of aliphatic hydroxyl groups excluding tert-OH is 2. The van der Waals surface area contributed by atoms with Gasteiger partial charge in [-0.1, -0.05) is 0 Å². The van der Waals surface area contributed by atoms with Gasteiger partial charge in [-0.05, 0) is 18.2 Å². The lowest BCUT2D eigenvalue weighted by Gasteiger charge is -2.16. The van der Waals surface area contributed by atoms with Crippen molar-refractivity contribution < 1.29 is 36.6 Å². The second kappa shape index (κ2) is 5.88. The molecule has 114 valence electrons. The first kappa shape index (κ1) is 16.6. The summed E-state index contributed by atoms with van der Waals surface area (Å²) in [7, 11) is 0. The third-order valence-corrected chi connectivity index (χ3v) is 2.34. The van der Waals surface area contributed by atoms with Crippen molar-refractivity contribution in [3.05, 3.63) is 29.3 Å². The van der Waals surface area contributed by atoms with Gasteiger partial charge in [0.05, 0.1) is 23.8 Å². The molecule has 0 amide bonds. The Hall–Kier alpha value is -1.48. The Balaban J connectivity index is 3.11. The number of hydrogen-bond donors (Lipinski definition) is 3. The molecule has 1 aromatic rings. The maximum absolute atomic E-state index is 12.5. The van der Waals surface area contributed by atoms with Gasteiger partial charge in [-0.2, -0.15) is 26.3 Å². The Morgan fingerprint density at radius 3 is 1.75 bits per heavy atom. The third-order valence-electron chi connectivity index (χ3n) is 2.34. The first-order chi connectivity index (χ1) is 9.04. The van der Waals surface area contributed by atoms with E-state index in [-0.39, 0.29) is 12.6 Å². The molecule has 0 aromatic heterocycles. The van der Waals surface area contributed by atoms with E-state index in [0.29, 0.717) is 12.1 Å². The summed E-state index contributed by atoms with van der Waals surface area (Å²) in [5.74, 6) is 0. The van der Waals surface area contributed by atoms with E-state index in [1.807, 2.05) is 0 Å². The molecule has 3 N–H and O–H groups in total. The van der Waals surface area contributed by atoms with Gasteiger partial charge in [-0.15, -0.1) is 0 Å². The lowest BCUT2D eigenvalue weighted by Crippen LogP contribution is -2.23. The molecule has 0 aliphatic rings. The molecule has 0 saturated carbocycles. The van der Waals surface area contributed by atoms with E-state index in [1.165, 1.54) is 0 Å². The lowest BCUT2D eigenvalue weighted by atomic mass is 10.1. The van der Waals surface area contributed by atoms with Crippen molar-refractivity contribution in [3.8, 4) is 0 Å². The van der Waals surface area contributed by atoms with Crippen LogP contribution < -0.4 is 5.32 Å². The maximum atomic E-state index is 12.5. The van der Waals surface area contributed by atoms with Crippen LogP contribution in [0.15, 0.2) is 18.2 Å². The number of anilines is 1. The second-order valence-corrected chi connectivity index (χ2v) is 4.01. The van der Waals surface area contributed by atoms with Gasteiger partial charge in [-0.3, -0.25) is 0 Å². The largest absolute Gasteiger partial charge is 0.416 e. The molecule has 1 aromatic carbocycles. The summed E-state index contributed by atoms with van der Waals surface area (Å²) >= 11 is 0. The smallest absolute Gasteiger partial charge is 0.394 e. The van der Waals surface area contributed by atoms with E-state index in [2.05, 4.69) is 5.32 Å². The van der Waals surface area contributed by atoms with E-state index in [0.717, 1.165) is 0 Å². The Kier molecular flexibility index (Phi) is 4.87. The number of alkyl halides is 6. The number of hydrogen-bond acceptors (Lipinski definition) is 3. The van der Waals surface area contributed by atoms with E-state index in [1.54, 1.807) is 0 Å². The zero-order valence-electron chi connectivity index (χ0n) is 9.89. The molecule has 0 bridgehead atoms. The topological polar surface area (TPSA) is 52.5 Å². The SMILES string of the molecule is OCC(O)CNc1cc(C(F)(F)F)cc(C(F)(F)F)c1. The predicted octanol–water partition coefficient (Wildman–Crippen LogP) is 2.49. The quantitative estimate of drug-likeness (QED) is 0.749. The average Bonchev–Trinajstić information content (AvgIpc) is 2.33. The molecule has 0 fully saturated rings. The normalized spacial score (nSPS) is 14.2.